The molecule has 1 atom stereocenters. The number of carbonyl (C=O) groups excluding carboxylic acids is 1. The van der Waals surface area contributed by atoms with Crippen LogP contribution in [0.25, 0.3) is 10.1 Å². The molecule has 0 saturated carbocycles. The zero-order valence-electron chi connectivity index (χ0n) is 12.4. The van der Waals surface area contributed by atoms with Crippen molar-refractivity contribution in [1.29, 1.82) is 0 Å². The summed E-state index contributed by atoms with van der Waals surface area (Å²) in [5.74, 6) is -1.58. The summed E-state index contributed by atoms with van der Waals surface area (Å²) >= 11 is 4.72. The van der Waals surface area contributed by atoms with Crippen molar-refractivity contribution in [3.8, 4) is 0 Å². The number of pyridine rings is 1. The fraction of sp³-hybridized carbons (Fsp3) is 0.118. The number of hydrogen-bond donors (Lipinski definition) is 2. The summed E-state index contributed by atoms with van der Waals surface area (Å²) in [7, 11) is 0. The SMILES string of the molecule is O=C(N[C@@H](Cc1cc2ccccc2s1)C(=O)O)c1cccc(Br)n1. The van der Waals surface area contributed by atoms with E-state index in [1.807, 2.05) is 30.3 Å². The number of hydrogen-bond acceptors (Lipinski definition) is 4. The molecule has 0 spiro atoms. The first-order chi connectivity index (χ1) is 11.5. The van der Waals surface area contributed by atoms with Crippen molar-refractivity contribution >= 4 is 49.2 Å². The number of fused-ring (bicyclic) bond motifs is 1. The third-order valence-electron chi connectivity index (χ3n) is 3.43. The van der Waals surface area contributed by atoms with E-state index in [-0.39, 0.29) is 12.1 Å². The Morgan fingerprint density at radius 3 is 2.71 bits per heavy atom. The smallest absolute Gasteiger partial charge is 0.326 e. The first-order valence-corrected chi connectivity index (χ1v) is 8.77. The molecule has 1 amide bonds. The van der Waals surface area contributed by atoms with Gasteiger partial charge in [-0.05, 0) is 45.6 Å². The molecule has 2 heterocycles. The van der Waals surface area contributed by atoms with Crippen LogP contribution in [0.4, 0.5) is 0 Å². The average molecular weight is 405 g/mol. The van der Waals surface area contributed by atoms with Gasteiger partial charge >= 0.3 is 5.97 Å². The maximum atomic E-state index is 12.2. The molecule has 2 aromatic heterocycles. The van der Waals surface area contributed by atoms with Gasteiger partial charge in [0.15, 0.2) is 0 Å². The van der Waals surface area contributed by atoms with Gasteiger partial charge in [-0.15, -0.1) is 11.3 Å². The lowest BCUT2D eigenvalue weighted by Gasteiger charge is -2.13. The molecule has 0 bridgehead atoms. The number of carboxylic acid groups (broad SMARTS) is 1. The number of thiophene rings is 1. The molecule has 3 rings (SSSR count). The fourth-order valence-corrected chi connectivity index (χ4v) is 3.76. The number of aromatic nitrogens is 1. The zero-order valence-corrected chi connectivity index (χ0v) is 14.8. The van der Waals surface area contributed by atoms with E-state index in [9.17, 15) is 14.7 Å². The van der Waals surface area contributed by atoms with E-state index >= 15 is 0 Å². The number of aliphatic carboxylic acids is 1. The molecule has 122 valence electrons. The number of rotatable bonds is 5. The van der Waals surface area contributed by atoms with Crippen molar-refractivity contribution in [3.05, 3.63) is 63.7 Å². The van der Waals surface area contributed by atoms with E-state index in [2.05, 4.69) is 26.2 Å². The Kier molecular flexibility index (Phi) is 4.92. The summed E-state index contributed by atoms with van der Waals surface area (Å²) in [6.07, 6.45) is 0.231. The van der Waals surface area contributed by atoms with Gasteiger partial charge in [0, 0.05) is 16.0 Å². The summed E-state index contributed by atoms with van der Waals surface area (Å²) in [5.41, 5.74) is 0.173. The Labute approximate surface area is 150 Å². The van der Waals surface area contributed by atoms with E-state index < -0.39 is 17.9 Å². The third kappa shape index (κ3) is 3.80. The van der Waals surface area contributed by atoms with Crippen molar-refractivity contribution in [2.45, 2.75) is 12.5 Å². The topological polar surface area (TPSA) is 79.3 Å². The molecule has 0 fully saturated rings. The molecule has 24 heavy (non-hydrogen) atoms. The first-order valence-electron chi connectivity index (χ1n) is 7.16. The predicted octanol–water partition coefficient (Wildman–Crippen LogP) is 3.48. The molecule has 0 aliphatic rings. The number of nitrogens with one attached hydrogen (secondary N) is 1. The van der Waals surface area contributed by atoms with Crippen LogP contribution in [0, 0.1) is 0 Å². The lowest BCUT2D eigenvalue weighted by molar-refractivity contribution is -0.139. The molecule has 3 aromatic rings. The van der Waals surface area contributed by atoms with Crippen molar-refractivity contribution in [2.24, 2.45) is 0 Å². The van der Waals surface area contributed by atoms with Gasteiger partial charge in [0.05, 0.1) is 0 Å². The minimum atomic E-state index is -1.07. The van der Waals surface area contributed by atoms with Crippen molar-refractivity contribution in [3.63, 3.8) is 0 Å². The monoisotopic (exact) mass is 404 g/mol. The molecule has 1 aromatic carbocycles. The van der Waals surface area contributed by atoms with Gasteiger partial charge in [0.25, 0.3) is 5.91 Å². The highest BCUT2D eigenvalue weighted by Crippen LogP contribution is 2.26. The third-order valence-corrected chi connectivity index (χ3v) is 5.01. The predicted molar refractivity (Wildman–Crippen MR) is 96.4 cm³/mol. The summed E-state index contributed by atoms with van der Waals surface area (Å²) in [6.45, 7) is 0. The number of halogens is 1. The zero-order chi connectivity index (χ0) is 17.1. The maximum Gasteiger partial charge on any atom is 0.326 e. The quantitative estimate of drug-likeness (QED) is 0.637. The van der Waals surface area contributed by atoms with Crippen LogP contribution in [0.15, 0.2) is 53.1 Å². The second-order valence-electron chi connectivity index (χ2n) is 5.16. The Balaban J connectivity index is 1.77. The maximum absolute atomic E-state index is 12.2. The van der Waals surface area contributed by atoms with Gasteiger partial charge in [0.1, 0.15) is 16.3 Å². The minimum absolute atomic E-state index is 0.173. The standard InChI is InChI=1S/C17H13BrN2O3S/c18-15-7-3-5-12(19-15)16(21)20-13(17(22)23)9-11-8-10-4-1-2-6-14(10)24-11/h1-8,13H,9H2,(H,20,21)(H,22,23)/t13-/m0/s1. The molecule has 7 heteroatoms. The Bertz CT molecular complexity index is 876. The highest BCUT2D eigenvalue weighted by molar-refractivity contribution is 9.10. The Morgan fingerprint density at radius 1 is 1.21 bits per heavy atom. The molecule has 0 unspecified atom stereocenters. The molecule has 0 saturated heterocycles. The highest BCUT2D eigenvalue weighted by Gasteiger charge is 2.22. The fourth-order valence-electron chi connectivity index (χ4n) is 2.31. The van der Waals surface area contributed by atoms with Crippen LogP contribution < -0.4 is 5.32 Å². The number of benzene rings is 1. The molecular weight excluding hydrogens is 392 g/mol. The number of nitrogens with zero attached hydrogens (tertiary/aromatic N) is 1. The van der Waals surface area contributed by atoms with E-state index in [1.54, 1.807) is 18.2 Å². The van der Waals surface area contributed by atoms with E-state index in [1.165, 1.54) is 11.3 Å². The van der Waals surface area contributed by atoms with Gasteiger partial charge in [-0.3, -0.25) is 4.79 Å². The van der Waals surface area contributed by atoms with E-state index in [0.717, 1.165) is 15.0 Å². The van der Waals surface area contributed by atoms with Crippen LogP contribution in [0.1, 0.15) is 15.4 Å². The lowest BCUT2D eigenvalue weighted by atomic mass is 10.1. The average Bonchev–Trinajstić information content (AvgIpc) is 2.96. The number of carboxylic acids is 1. The van der Waals surface area contributed by atoms with Crippen LogP contribution in [0.5, 0.6) is 0 Å². The van der Waals surface area contributed by atoms with E-state index in [4.69, 9.17) is 0 Å². The van der Waals surface area contributed by atoms with Gasteiger partial charge in [-0.1, -0.05) is 24.3 Å². The number of amides is 1. The van der Waals surface area contributed by atoms with Crippen molar-refractivity contribution < 1.29 is 14.7 Å². The Hall–Kier alpha value is -2.25. The molecule has 0 aliphatic carbocycles. The van der Waals surface area contributed by atoms with Crippen LogP contribution in [0.2, 0.25) is 0 Å². The first kappa shape index (κ1) is 16.6. The summed E-state index contributed by atoms with van der Waals surface area (Å²) in [6, 6.07) is 13.7. The second kappa shape index (κ2) is 7.11. The van der Waals surface area contributed by atoms with Gasteiger partial charge in [-0.25, -0.2) is 9.78 Å². The van der Waals surface area contributed by atoms with Crippen molar-refractivity contribution in [2.75, 3.05) is 0 Å². The van der Waals surface area contributed by atoms with Gasteiger partial charge in [0.2, 0.25) is 0 Å². The lowest BCUT2D eigenvalue weighted by Crippen LogP contribution is -2.42. The molecule has 0 radical (unpaired) electrons. The summed E-state index contributed by atoms with van der Waals surface area (Å²) in [4.78, 5) is 28.7. The second-order valence-corrected chi connectivity index (χ2v) is 7.15. The van der Waals surface area contributed by atoms with Crippen LogP contribution in [-0.4, -0.2) is 28.0 Å². The normalized spacial score (nSPS) is 12.0. The molecule has 0 aliphatic heterocycles. The highest BCUT2D eigenvalue weighted by atomic mass is 79.9. The summed E-state index contributed by atoms with van der Waals surface area (Å²) in [5, 5.41) is 13.0. The van der Waals surface area contributed by atoms with Gasteiger partial charge < -0.3 is 10.4 Å². The molecular formula is C17H13BrN2O3S. The Morgan fingerprint density at radius 2 is 2.00 bits per heavy atom. The van der Waals surface area contributed by atoms with Crippen LogP contribution in [0.3, 0.4) is 0 Å². The largest absolute Gasteiger partial charge is 0.480 e. The van der Waals surface area contributed by atoms with Gasteiger partial charge in [-0.2, -0.15) is 0 Å². The molecule has 2 N–H and O–H groups in total. The minimum Gasteiger partial charge on any atom is -0.480 e. The van der Waals surface area contributed by atoms with Crippen LogP contribution in [-0.2, 0) is 11.2 Å². The van der Waals surface area contributed by atoms with Crippen molar-refractivity contribution in [1.82, 2.24) is 10.3 Å². The number of carbonyl (C=O) groups is 2. The van der Waals surface area contributed by atoms with Crippen LogP contribution >= 0.6 is 27.3 Å². The summed E-state index contributed by atoms with van der Waals surface area (Å²) < 4.78 is 1.61. The molecule has 5 nitrogen and oxygen atoms in total. The van der Waals surface area contributed by atoms with E-state index in [0.29, 0.717) is 4.60 Å².